The lowest BCUT2D eigenvalue weighted by molar-refractivity contribution is 0.183. The van der Waals surface area contributed by atoms with Crippen molar-refractivity contribution < 1.29 is 0 Å². The fourth-order valence-electron chi connectivity index (χ4n) is 3.52. The number of nitrogens with two attached hydrogens (primary N) is 1. The normalized spacial score (nSPS) is 22.0. The van der Waals surface area contributed by atoms with Gasteiger partial charge in [-0.2, -0.15) is 0 Å². The number of rotatable bonds is 6. The molecule has 2 heteroatoms. The summed E-state index contributed by atoms with van der Waals surface area (Å²) in [7, 11) is 0. The Labute approximate surface area is 130 Å². The van der Waals surface area contributed by atoms with E-state index >= 15 is 0 Å². The Morgan fingerprint density at radius 1 is 1.14 bits per heavy atom. The summed E-state index contributed by atoms with van der Waals surface area (Å²) < 4.78 is 0. The third-order valence-corrected chi connectivity index (χ3v) is 4.85. The van der Waals surface area contributed by atoms with Crippen LogP contribution < -0.4 is 5.73 Å². The van der Waals surface area contributed by atoms with E-state index in [1.807, 2.05) is 0 Å². The zero-order chi connectivity index (χ0) is 15.1. The molecule has 2 unspecified atom stereocenters. The first-order valence-corrected chi connectivity index (χ1v) is 8.83. The van der Waals surface area contributed by atoms with Gasteiger partial charge in [-0.1, -0.05) is 57.4 Å². The van der Waals surface area contributed by atoms with Crippen molar-refractivity contribution >= 4 is 0 Å². The van der Waals surface area contributed by atoms with Crippen molar-refractivity contribution in [2.75, 3.05) is 13.1 Å². The molecule has 0 aliphatic carbocycles. The van der Waals surface area contributed by atoms with Gasteiger partial charge in [-0.25, -0.2) is 0 Å². The molecule has 0 radical (unpaired) electrons. The Morgan fingerprint density at radius 3 is 2.57 bits per heavy atom. The molecule has 0 bridgehead atoms. The average Bonchev–Trinajstić information content (AvgIpc) is 2.73. The SMILES string of the molecule is CCCc1ccc(C(N)CN2CCCCCC2CC)cc1. The third kappa shape index (κ3) is 4.82. The molecular weight excluding hydrogens is 256 g/mol. The molecule has 2 N–H and O–H groups in total. The first-order chi connectivity index (χ1) is 10.2. The topological polar surface area (TPSA) is 29.3 Å². The van der Waals surface area contributed by atoms with Crippen molar-refractivity contribution in [3.63, 3.8) is 0 Å². The molecule has 2 atom stereocenters. The number of aryl methyl sites for hydroxylation is 1. The van der Waals surface area contributed by atoms with Crippen LogP contribution in [-0.4, -0.2) is 24.0 Å². The maximum Gasteiger partial charge on any atom is 0.0424 e. The van der Waals surface area contributed by atoms with Crippen molar-refractivity contribution in [1.29, 1.82) is 0 Å². The van der Waals surface area contributed by atoms with Crippen LogP contribution >= 0.6 is 0 Å². The predicted octanol–water partition coefficient (Wildman–Crippen LogP) is 4.29. The maximum atomic E-state index is 6.48. The Hall–Kier alpha value is -0.860. The van der Waals surface area contributed by atoms with Gasteiger partial charge in [0.05, 0.1) is 0 Å². The van der Waals surface area contributed by atoms with Gasteiger partial charge >= 0.3 is 0 Å². The molecule has 2 nitrogen and oxygen atoms in total. The van der Waals surface area contributed by atoms with E-state index in [4.69, 9.17) is 5.73 Å². The summed E-state index contributed by atoms with van der Waals surface area (Å²) >= 11 is 0. The van der Waals surface area contributed by atoms with Crippen LogP contribution in [0.4, 0.5) is 0 Å². The van der Waals surface area contributed by atoms with Crippen LogP contribution in [-0.2, 0) is 6.42 Å². The molecule has 1 aromatic rings. The highest BCUT2D eigenvalue weighted by molar-refractivity contribution is 5.25. The lowest BCUT2D eigenvalue weighted by atomic mass is 10.0. The molecule has 1 saturated heterocycles. The molecule has 0 saturated carbocycles. The van der Waals surface area contributed by atoms with Crippen molar-refractivity contribution in [2.45, 2.75) is 70.9 Å². The van der Waals surface area contributed by atoms with Crippen molar-refractivity contribution in [3.05, 3.63) is 35.4 Å². The number of likely N-dealkylation sites (tertiary alicyclic amines) is 1. The molecule has 1 aromatic carbocycles. The van der Waals surface area contributed by atoms with Crippen LogP contribution in [0.15, 0.2) is 24.3 Å². The first kappa shape index (κ1) is 16.5. The highest BCUT2D eigenvalue weighted by Gasteiger charge is 2.21. The second kappa shape index (κ2) is 8.55. The summed E-state index contributed by atoms with van der Waals surface area (Å²) in [6, 6.07) is 9.84. The Balaban J connectivity index is 1.96. The van der Waals surface area contributed by atoms with Crippen LogP contribution in [0.1, 0.15) is 69.5 Å². The number of nitrogens with zero attached hydrogens (tertiary/aromatic N) is 1. The lowest BCUT2D eigenvalue weighted by Crippen LogP contribution is -2.39. The summed E-state index contributed by atoms with van der Waals surface area (Å²) in [5.41, 5.74) is 9.19. The molecule has 1 aliphatic rings. The van der Waals surface area contributed by atoms with Gasteiger partial charge in [-0.05, 0) is 43.4 Å². The smallest absolute Gasteiger partial charge is 0.0424 e. The van der Waals surface area contributed by atoms with Gasteiger partial charge in [0.25, 0.3) is 0 Å². The first-order valence-electron chi connectivity index (χ1n) is 8.83. The molecule has 1 aliphatic heterocycles. The van der Waals surface area contributed by atoms with E-state index in [0.29, 0.717) is 0 Å². The highest BCUT2D eigenvalue weighted by Crippen LogP contribution is 2.22. The van der Waals surface area contributed by atoms with Gasteiger partial charge in [0.15, 0.2) is 0 Å². The second-order valence-electron chi connectivity index (χ2n) is 6.50. The van der Waals surface area contributed by atoms with Gasteiger partial charge in [0.1, 0.15) is 0 Å². The van der Waals surface area contributed by atoms with Gasteiger partial charge in [-0.15, -0.1) is 0 Å². The zero-order valence-electron chi connectivity index (χ0n) is 13.9. The van der Waals surface area contributed by atoms with Crippen LogP contribution in [0.25, 0.3) is 0 Å². The minimum absolute atomic E-state index is 0.146. The van der Waals surface area contributed by atoms with E-state index in [-0.39, 0.29) is 6.04 Å². The Bertz CT molecular complexity index is 399. The fraction of sp³-hybridized carbons (Fsp3) is 0.684. The second-order valence-corrected chi connectivity index (χ2v) is 6.50. The standard InChI is InChI=1S/C19H32N2/c1-3-8-16-10-12-17(13-11-16)19(20)15-21-14-7-5-6-9-18(21)4-2/h10-13,18-19H,3-9,14-15,20H2,1-2H3. The van der Waals surface area contributed by atoms with E-state index in [2.05, 4.69) is 43.0 Å². The molecule has 2 rings (SSSR count). The van der Waals surface area contributed by atoms with E-state index in [1.165, 1.54) is 62.6 Å². The Kier molecular flexibility index (Phi) is 6.72. The van der Waals surface area contributed by atoms with Gasteiger partial charge in [0, 0.05) is 18.6 Å². The Morgan fingerprint density at radius 2 is 1.90 bits per heavy atom. The predicted molar refractivity (Wildman–Crippen MR) is 91.5 cm³/mol. The van der Waals surface area contributed by atoms with Crippen LogP contribution in [0, 0.1) is 0 Å². The third-order valence-electron chi connectivity index (χ3n) is 4.85. The minimum atomic E-state index is 0.146. The number of hydrogen-bond donors (Lipinski definition) is 1. The fourth-order valence-corrected chi connectivity index (χ4v) is 3.52. The highest BCUT2D eigenvalue weighted by atomic mass is 15.2. The van der Waals surface area contributed by atoms with Crippen molar-refractivity contribution in [2.24, 2.45) is 5.73 Å². The molecule has 0 spiro atoms. The summed E-state index contributed by atoms with van der Waals surface area (Å²) in [6.07, 6.45) is 9.07. The van der Waals surface area contributed by atoms with Gasteiger partial charge in [0.2, 0.25) is 0 Å². The van der Waals surface area contributed by atoms with Crippen LogP contribution in [0.3, 0.4) is 0 Å². The van der Waals surface area contributed by atoms with Crippen molar-refractivity contribution in [3.8, 4) is 0 Å². The molecule has 1 fully saturated rings. The average molecular weight is 288 g/mol. The summed E-state index contributed by atoms with van der Waals surface area (Å²) in [6.45, 7) is 6.77. The summed E-state index contributed by atoms with van der Waals surface area (Å²) in [5.74, 6) is 0. The quantitative estimate of drug-likeness (QED) is 0.846. The molecule has 21 heavy (non-hydrogen) atoms. The lowest BCUT2D eigenvalue weighted by Gasteiger charge is -2.31. The van der Waals surface area contributed by atoms with E-state index < -0.39 is 0 Å². The van der Waals surface area contributed by atoms with Gasteiger partial charge < -0.3 is 5.73 Å². The summed E-state index contributed by atoms with van der Waals surface area (Å²) in [5, 5.41) is 0. The van der Waals surface area contributed by atoms with Crippen molar-refractivity contribution in [1.82, 2.24) is 4.90 Å². The van der Waals surface area contributed by atoms with Crippen LogP contribution in [0.2, 0.25) is 0 Å². The monoisotopic (exact) mass is 288 g/mol. The molecular formula is C19H32N2. The minimum Gasteiger partial charge on any atom is -0.323 e. The molecule has 0 aromatic heterocycles. The molecule has 118 valence electrons. The van der Waals surface area contributed by atoms with E-state index in [0.717, 1.165) is 12.6 Å². The molecule has 1 heterocycles. The van der Waals surface area contributed by atoms with E-state index in [9.17, 15) is 0 Å². The van der Waals surface area contributed by atoms with Gasteiger partial charge in [-0.3, -0.25) is 4.90 Å². The number of hydrogen-bond acceptors (Lipinski definition) is 2. The maximum absolute atomic E-state index is 6.48. The zero-order valence-corrected chi connectivity index (χ0v) is 13.9. The largest absolute Gasteiger partial charge is 0.323 e. The van der Waals surface area contributed by atoms with E-state index in [1.54, 1.807) is 0 Å². The van der Waals surface area contributed by atoms with Crippen LogP contribution in [0.5, 0.6) is 0 Å². The summed E-state index contributed by atoms with van der Waals surface area (Å²) in [4.78, 5) is 2.64. The number of benzene rings is 1. The molecule has 0 amide bonds.